The highest BCUT2D eigenvalue weighted by Gasteiger charge is 2.15. The van der Waals surface area contributed by atoms with E-state index in [1.54, 1.807) is 26.8 Å². The topological polar surface area (TPSA) is 98.5 Å². The van der Waals surface area contributed by atoms with Gasteiger partial charge in [0, 0.05) is 24.2 Å². The fourth-order valence-corrected chi connectivity index (χ4v) is 1.64. The molecule has 1 aromatic carbocycles. The second kappa shape index (κ2) is 6.83. The molecule has 0 aliphatic carbocycles. The van der Waals surface area contributed by atoms with Crippen molar-refractivity contribution in [3.63, 3.8) is 0 Å². The number of nitrogens with zero attached hydrogens (tertiary/aromatic N) is 1. The Morgan fingerprint density at radius 3 is 2.57 bits per heavy atom. The number of hydrogen-bond donors (Lipinski definition) is 1. The van der Waals surface area contributed by atoms with Crippen LogP contribution in [0.25, 0.3) is 0 Å². The predicted octanol–water partition coefficient (Wildman–Crippen LogP) is 2.47. The Labute approximate surface area is 122 Å². The number of nitro benzene ring substituents is 1. The average Bonchev–Trinajstić information content (AvgIpc) is 2.36. The Bertz CT molecular complexity index is 549. The van der Waals surface area contributed by atoms with Crippen molar-refractivity contribution in [2.75, 3.05) is 6.54 Å². The zero-order valence-electron chi connectivity index (χ0n) is 12.2. The molecule has 7 nitrogen and oxygen atoms in total. The lowest BCUT2D eigenvalue weighted by molar-refractivity contribution is -0.384. The largest absolute Gasteiger partial charge is 0.444 e. The van der Waals surface area contributed by atoms with E-state index in [1.807, 2.05) is 0 Å². The number of benzene rings is 1. The normalized spacial score (nSPS) is 10.8. The average molecular weight is 294 g/mol. The van der Waals surface area contributed by atoms with Crippen molar-refractivity contribution in [3.8, 4) is 0 Å². The van der Waals surface area contributed by atoms with Gasteiger partial charge in [-0.3, -0.25) is 14.9 Å². The summed E-state index contributed by atoms with van der Waals surface area (Å²) in [6.45, 7) is 5.52. The molecular formula is C14H18N2O5. The maximum absolute atomic E-state index is 11.4. The Morgan fingerprint density at radius 2 is 2.05 bits per heavy atom. The van der Waals surface area contributed by atoms with E-state index in [9.17, 15) is 19.7 Å². The van der Waals surface area contributed by atoms with Crippen LogP contribution in [0.15, 0.2) is 18.2 Å². The molecule has 1 rings (SSSR count). The zero-order valence-corrected chi connectivity index (χ0v) is 12.2. The van der Waals surface area contributed by atoms with Gasteiger partial charge in [0.15, 0.2) is 0 Å². The van der Waals surface area contributed by atoms with Gasteiger partial charge in [-0.25, -0.2) is 4.79 Å². The number of nitrogens with one attached hydrogen (secondary N) is 1. The van der Waals surface area contributed by atoms with Gasteiger partial charge in [-0.1, -0.05) is 0 Å². The molecule has 114 valence electrons. The minimum atomic E-state index is -0.583. The molecule has 0 bridgehead atoms. The van der Waals surface area contributed by atoms with Crippen molar-refractivity contribution in [1.29, 1.82) is 0 Å². The van der Waals surface area contributed by atoms with Gasteiger partial charge in [0.1, 0.15) is 11.9 Å². The number of carbonyl (C=O) groups is 2. The molecular weight excluding hydrogens is 276 g/mol. The van der Waals surface area contributed by atoms with Crippen LogP contribution < -0.4 is 5.32 Å². The lowest BCUT2D eigenvalue weighted by atomic mass is 10.1. The molecule has 0 radical (unpaired) electrons. The minimum absolute atomic E-state index is 0.146. The molecule has 0 atom stereocenters. The van der Waals surface area contributed by atoms with Gasteiger partial charge in [-0.05, 0) is 38.8 Å². The highest BCUT2D eigenvalue weighted by Crippen LogP contribution is 2.16. The number of ether oxygens (including phenoxy) is 1. The molecule has 1 aromatic rings. The summed E-state index contributed by atoms with van der Waals surface area (Å²) in [6.07, 6.45) is 0.364. The van der Waals surface area contributed by atoms with Crippen molar-refractivity contribution in [2.45, 2.75) is 32.8 Å². The quantitative estimate of drug-likeness (QED) is 0.511. The van der Waals surface area contributed by atoms with E-state index in [2.05, 4.69) is 5.32 Å². The van der Waals surface area contributed by atoms with Crippen molar-refractivity contribution in [1.82, 2.24) is 5.32 Å². The smallest absolute Gasteiger partial charge is 0.407 e. The van der Waals surface area contributed by atoms with E-state index in [-0.39, 0.29) is 17.8 Å². The second-order valence-electron chi connectivity index (χ2n) is 5.49. The van der Waals surface area contributed by atoms with Gasteiger partial charge < -0.3 is 10.1 Å². The van der Waals surface area contributed by atoms with E-state index < -0.39 is 16.6 Å². The molecule has 0 unspecified atom stereocenters. The summed E-state index contributed by atoms with van der Waals surface area (Å²) in [7, 11) is 0. The minimum Gasteiger partial charge on any atom is -0.444 e. The molecule has 1 N–H and O–H groups in total. The molecule has 0 aliphatic heterocycles. The molecule has 7 heteroatoms. The Morgan fingerprint density at radius 1 is 1.38 bits per heavy atom. The monoisotopic (exact) mass is 294 g/mol. The maximum atomic E-state index is 11.4. The van der Waals surface area contributed by atoms with Crippen LogP contribution in [0, 0.1) is 10.1 Å². The van der Waals surface area contributed by atoms with Crippen LogP contribution in [0.3, 0.4) is 0 Å². The molecule has 0 saturated heterocycles. The third-order valence-electron chi connectivity index (χ3n) is 2.43. The van der Waals surface area contributed by atoms with Gasteiger partial charge in [0.2, 0.25) is 0 Å². The summed E-state index contributed by atoms with van der Waals surface area (Å²) in [5, 5.41) is 13.3. The van der Waals surface area contributed by atoms with Crippen LogP contribution in [-0.4, -0.2) is 29.4 Å². The zero-order chi connectivity index (χ0) is 16.0. The number of hydrogen-bond acceptors (Lipinski definition) is 5. The fraction of sp³-hybridized carbons (Fsp3) is 0.429. The molecule has 1 amide bonds. The lowest BCUT2D eigenvalue weighted by Crippen LogP contribution is -2.33. The number of non-ortho nitro benzene ring substituents is 1. The first-order valence-electron chi connectivity index (χ1n) is 6.41. The molecule has 0 aliphatic rings. The standard InChI is InChI=1S/C14H18N2O5/c1-14(2,3)21-13(18)15-5-4-10-6-11(9-17)8-12(7-10)16(19)20/h6-9H,4-5H2,1-3H3,(H,15,18). The van der Waals surface area contributed by atoms with E-state index in [0.717, 1.165) is 0 Å². The van der Waals surface area contributed by atoms with Crippen molar-refractivity contribution in [3.05, 3.63) is 39.4 Å². The van der Waals surface area contributed by atoms with E-state index in [1.165, 1.54) is 12.1 Å². The van der Waals surface area contributed by atoms with Crippen LogP contribution in [0.2, 0.25) is 0 Å². The Kier molecular flexibility index (Phi) is 5.40. The first kappa shape index (κ1) is 16.6. The number of nitro groups is 1. The SMILES string of the molecule is CC(C)(C)OC(=O)NCCc1cc(C=O)cc([N+](=O)[O-])c1. The van der Waals surface area contributed by atoms with Crippen molar-refractivity contribution in [2.24, 2.45) is 0 Å². The number of alkyl carbamates (subject to hydrolysis) is 1. The van der Waals surface area contributed by atoms with Gasteiger partial charge in [0.25, 0.3) is 5.69 Å². The first-order valence-corrected chi connectivity index (χ1v) is 6.41. The molecule has 0 fully saturated rings. The Hall–Kier alpha value is -2.44. The van der Waals surface area contributed by atoms with Gasteiger partial charge in [-0.2, -0.15) is 0 Å². The van der Waals surface area contributed by atoms with Crippen molar-refractivity contribution < 1.29 is 19.2 Å². The third kappa shape index (κ3) is 6.03. The van der Waals surface area contributed by atoms with Crippen LogP contribution in [0.4, 0.5) is 10.5 Å². The highest BCUT2D eigenvalue weighted by molar-refractivity contribution is 5.76. The van der Waals surface area contributed by atoms with Crippen molar-refractivity contribution >= 4 is 18.1 Å². The van der Waals surface area contributed by atoms with Gasteiger partial charge in [-0.15, -0.1) is 0 Å². The summed E-state index contributed by atoms with van der Waals surface area (Å²) in [6, 6.07) is 4.14. The summed E-state index contributed by atoms with van der Waals surface area (Å²) in [5.41, 5.74) is 0.103. The van der Waals surface area contributed by atoms with Gasteiger partial charge >= 0.3 is 6.09 Å². The molecule has 0 heterocycles. The maximum Gasteiger partial charge on any atom is 0.407 e. The van der Waals surface area contributed by atoms with Crippen LogP contribution in [0.5, 0.6) is 0 Å². The van der Waals surface area contributed by atoms with E-state index >= 15 is 0 Å². The van der Waals surface area contributed by atoms with Gasteiger partial charge in [0.05, 0.1) is 4.92 Å². The summed E-state index contributed by atoms with van der Waals surface area (Å²) < 4.78 is 5.07. The summed E-state index contributed by atoms with van der Waals surface area (Å²) in [4.78, 5) is 32.4. The molecule has 0 aromatic heterocycles. The summed E-state index contributed by atoms with van der Waals surface area (Å²) >= 11 is 0. The van der Waals surface area contributed by atoms with Crippen LogP contribution in [0.1, 0.15) is 36.7 Å². The number of rotatable bonds is 5. The van der Waals surface area contributed by atoms with E-state index in [0.29, 0.717) is 18.3 Å². The highest BCUT2D eigenvalue weighted by atomic mass is 16.6. The fourth-order valence-electron chi connectivity index (χ4n) is 1.64. The second-order valence-corrected chi connectivity index (χ2v) is 5.49. The first-order chi connectivity index (χ1) is 9.71. The molecule has 21 heavy (non-hydrogen) atoms. The number of carbonyl (C=O) groups excluding carboxylic acids is 2. The number of aldehydes is 1. The van der Waals surface area contributed by atoms with E-state index in [4.69, 9.17) is 4.74 Å². The molecule has 0 saturated carbocycles. The lowest BCUT2D eigenvalue weighted by Gasteiger charge is -2.19. The number of amides is 1. The summed E-state index contributed by atoms with van der Waals surface area (Å²) in [5.74, 6) is 0. The third-order valence-corrected chi connectivity index (χ3v) is 2.43. The predicted molar refractivity (Wildman–Crippen MR) is 76.4 cm³/mol. The molecule has 0 spiro atoms. The Balaban J connectivity index is 2.63. The van der Waals surface area contributed by atoms with Crippen LogP contribution in [-0.2, 0) is 11.2 Å². The van der Waals surface area contributed by atoms with Crippen LogP contribution >= 0.6 is 0 Å².